The van der Waals surface area contributed by atoms with Crippen LogP contribution in [0.3, 0.4) is 0 Å². The van der Waals surface area contributed by atoms with Crippen molar-refractivity contribution in [2.24, 2.45) is 0 Å². The zero-order valence-electron chi connectivity index (χ0n) is 11.7. The van der Waals surface area contributed by atoms with E-state index in [1.54, 1.807) is 12.1 Å². The molecule has 1 N–H and O–H groups in total. The monoisotopic (exact) mass is 281 g/mol. The van der Waals surface area contributed by atoms with Crippen LogP contribution in [-0.2, 0) is 9.84 Å². The largest absolute Gasteiger partial charge is 0.307 e. The summed E-state index contributed by atoms with van der Waals surface area (Å²) in [6, 6.07) is 8.25. The van der Waals surface area contributed by atoms with Crippen LogP contribution in [0.2, 0.25) is 0 Å². The van der Waals surface area contributed by atoms with E-state index in [1.165, 1.54) is 37.5 Å². The molecule has 2 rings (SSSR count). The highest BCUT2D eigenvalue weighted by Gasteiger charge is 2.19. The van der Waals surface area contributed by atoms with E-state index in [0.717, 1.165) is 6.42 Å². The average Bonchev–Trinajstić information content (AvgIpc) is 2.88. The van der Waals surface area contributed by atoms with Crippen LogP contribution in [-0.4, -0.2) is 20.7 Å². The number of hydrogen-bond donors (Lipinski definition) is 1. The molecular formula is C15H23NO2S. The van der Waals surface area contributed by atoms with Gasteiger partial charge in [0.2, 0.25) is 0 Å². The van der Waals surface area contributed by atoms with E-state index in [2.05, 4.69) is 12.2 Å². The predicted molar refractivity (Wildman–Crippen MR) is 78.0 cm³/mol. The topological polar surface area (TPSA) is 46.2 Å². The first-order chi connectivity index (χ1) is 9.00. The summed E-state index contributed by atoms with van der Waals surface area (Å²) in [6.45, 7) is 2.16. The van der Waals surface area contributed by atoms with Crippen molar-refractivity contribution in [3.8, 4) is 0 Å². The van der Waals surface area contributed by atoms with Gasteiger partial charge < -0.3 is 5.32 Å². The first kappa shape index (κ1) is 14.5. The fourth-order valence-electron chi connectivity index (χ4n) is 2.77. The molecule has 1 aliphatic carbocycles. The number of benzene rings is 1. The molecule has 0 aliphatic heterocycles. The molecule has 0 unspecified atom stereocenters. The molecule has 3 nitrogen and oxygen atoms in total. The van der Waals surface area contributed by atoms with Gasteiger partial charge in [0.05, 0.1) is 4.90 Å². The Morgan fingerprint density at radius 1 is 1.21 bits per heavy atom. The van der Waals surface area contributed by atoms with Crippen LogP contribution in [0.15, 0.2) is 29.2 Å². The molecule has 0 amide bonds. The number of hydrogen-bond acceptors (Lipinski definition) is 3. The minimum atomic E-state index is -3.09. The van der Waals surface area contributed by atoms with E-state index in [-0.39, 0.29) is 0 Å². The third-order valence-electron chi connectivity index (χ3n) is 3.91. The van der Waals surface area contributed by atoms with E-state index in [4.69, 9.17) is 0 Å². The van der Waals surface area contributed by atoms with Crippen LogP contribution >= 0.6 is 0 Å². The van der Waals surface area contributed by atoms with Crippen LogP contribution in [0.1, 0.15) is 50.6 Å². The van der Waals surface area contributed by atoms with Gasteiger partial charge in [-0.2, -0.15) is 0 Å². The van der Waals surface area contributed by atoms with Crippen molar-refractivity contribution in [2.75, 3.05) is 6.26 Å². The molecular weight excluding hydrogens is 258 g/mol. The van der Waals surface area contributed by atoms with Crippen molar-refractivity contribution < 1.29 is 8.42 Å². The second-order valence-electron chi connectivity index (χ2n) is 5.45. The fourth-order valence-corrected chi connectivity index (χ4v) is 3.40. The molecule has 0 saturated heterocycles. The quantitative estimate of drug-likeness (QED) is 0.902. The van der Waals surface area contributed by atoms with Crippen LogP contribution in [0, 0.1) is 0 Å². The van der Waals surface area contributed by atoms with Crippen molar-refractivity contribution in [1.82, 2.24) is 5.32 Å². The standard InChI is InChI=1S/C15H23NO2S/c1-3-15(16-13-6-4-5-7-13)12-8-10-14(11-9-12)19(2,17)18/h8-11,13,15-16H,3-7H2,1-2H3/t15-/m1/s1. The second kappa shape index (κ2) is 6.06. The molecule has 106 valence electrons. The Balaban J connectivity index is 2.10. The van der Waals surface area contributed by atoms with Gasteiger partial charge in [0.1, 0.15) is 0 Å². The van der Waals surface area contributed by atoms with Gasteiger partial charge in [0, 0.05) is 18.3 Å². The van der Waals surface area contributed by atoms with Crippen molar-refractivity contribution in [3.05, 3.63) is 29.8 Å². The van der Waals surface area contributed by atoms with E-state index < -0.39 is 9.84 Å². The van der Waals surface area contributed by atoms with E-state index in [9.17, 15) is 8.42 Å². The molecule has 19 heavy (non-hydrogen) atoms. The maximum atomic E-state index is 11.4. The van der Waals surface area contributed by atoms with Gasteiger partial charge in [0.15, 0.2) is 9.84 Å². The van der Waals surface area contributed by atoms with Crippen molar-refractivity contribution in [3.63, 3.8) is 0 Å². The molecule has 0 radical (unpaired) electrons. The highest BCUT2D eigenvalue weighted by atomic mass is 32.2. The molecule has 1 fully saturated rings. The lowest BCUT2D eigenvalue weighted by Crippen LogP contribution is -2.30. The minimum absolute atomic E-state index is 0.330. The minimum Gasteiger partial charge on any atom is -0.307 e. The van der Waals surface area contributed by atoms with Crippen LogP contribution < -0.4 is 5.32 Å². The lowest BCUT2D eigenvalue weighted by atomic mass is 10.0. The number of nitrogens with one attached hydrogen (secondary N) is 1. The van der Waals surface area contributed by atoms with Gasteiger partial charge in [0.25, 0.3) is 0 Å². The molecule has 1 atom stereocenters. The Morgan fingerprint density at radius 3 is 2.26 bits per heavy atom. The Kier molecular flexibility index (Phi) is 4.63. The molecule has 0 spiro atoms. The highest BCUT2D eigenvalue weighted by Crippen LogP contribution is 2.24. The summed E-state index contributed by atoms with van der Waals surface area (Å²) in [5.41, 5.74) is 1.18. The summed E-state index contributed by atoms with van der Waals surface area (Å²) in [6.07, 6.45) is 7.43. The molecule has 0 aromatic heterocycles. The molecule has 1 aliphatic rings. The third kappa shape index (κ3) is 3.80. The molecule has 0 heterocycles. The van der Waals surface area contributed by atoms with Crippen LogP contribution in [0.4, 0.5) is 0 Å². The summed E-state index contributed by atoms with van der Waals surface area (Å²) in [5.74, 6) is 0. The Bertz CT molecular complexity index is 501. The van der Waals surface area contributed by atoms with Gasteiger partial charge >= 0.3 is 0 Å². The Hall–Kier alpha value is -0.870. The van der Waals surface area contributed by atoms with E-state index in [0.29, 0.717) is 17.0 Å². The maximum absolute atomic E-state index is 11.4. The summed E-state index contributed by atoms with van der Waals surface area (Å²) in [4.78, 5) is 0.395. The molecule has 1 saturated carbocycles. The number of rotatable bonds is 5. The fraction of sp³-hybridized carbons (Fsp3) is 0.600. The molecule has 4 heteroatoms. The summed E-state index contributed by atoms with van der Waals surface area (Å²) in [7, 11) is -3.09. The zero-order valence-corrected chi connectivity index (χ0v) is 12.5. The lowest BCUT2D eigenvalue weighted by molar-refractivity contribution is 0.430. The predicted octanol–water partition coefficient (Wildman–Crippen LogP) is 3.07. The van der Waals surface area contributed by atoms with Crippen molar-refractivity contribution in [2.45, 2.75) is 56.0 Å². The third-order valence-corrected chi connectivity index (χ3v) is 5.04. The molecule has 1 aromatic carbocycles. The summed E-state index contributed by atoms with van der Waals surface area (Å²) < 4.78 is 22.9. The van der Waals surface area contributed by atoms with Gasteiger partial charge in [-0.25, -0.2) is 8.42 Å². The van der Waals surface area contributed by atoms with Gasteiger partial charge in [-0.15, -0.1) is 0 Å². The van der Waals surface area contributed by atoms with Crippen molar-refractivity contribution >= 4 is 9.84 Å². The highest BCUT2D eigenvalue weighted by molar-refractivity contribution is 7.90. The van der Waals surface area contributed by atoms with Gasteiger partial charge in [-0.05, 0) is 37.0 Å². The van der Waals surface area contributed by atoms with Crippen LogP contribution in [0.25, 0.3) is 0 Å². The van der Waals surface area contributed by atoms with Crippen LogP contribution in [0.5, 0.6) is 0 Å². The number of sulfone groups is 1. The maximum Gasteiger partial charge on any atom is 0.175 e. The lowest BCUT2D eigenvalue weighted by Gasteiger charge is -2.22. The Labute approximate surface area is 116 Å². The Morgan fingerprint density at radius 2 is 1.79 bits per heavy atom. The summed E-state index contributed by atoms with van der Waals surface area (Å²) in [5, 5.41) is 3.69. The first-order valence-electron chi connectivity index (χ1n) is 7.06. The SMILES string of the molecule is CC[C@@H](NC1CCCC1)c1ccc(S(C)(=O)=O)cc1. The molecule has 1 aromatic rings. The first-order valence-corrected chi connectivity index (χ1v) is 8.96. The van der Waals surface area contributed by atoms with E-state index in [1.807, 2.05) is 12.1 Å². The smallest absolute Gasteiger partial charge is 0.175 e. The van der Waals surface area contributed by atoms with Gasteiger partial charge in [-0.3, -0.25) is 0 Å². The van der Waals surface area contributed by atoms with E-state index >= 15 is 0 Å². The average molecular weight is 281 g/mol. The van der Waals surface area contributed by atoms with Gasteiger partial charge in [-0.1, -0.05) is 31.9 Å². The van der Waals surface area contributed by atoms with Crippen molar-refractivity contribution in [1.29, 1.82) is 0 Å². The summed E-state index contributed by atoms with van der Waals surface area (Å²) >= 11 is 0. The molecule has 0 bridgehead atoms. The zero-order chi connectivity index (χ0) is 13.9. The second-order valence-corrected chi connectivity index (χ2v) is 7.47. The normalized spacial score (nSPS) is 18.6.